The van der Waals surface area contributed by atoms with E-state index in [-0.39, 0.29) is 0 Å². The number of benzene rings is 1. The summed E-state index contributed by atoms with van der Waals surface area (Å²) < 4.78 is 2.41. The zero-order valence-corrected chi connectivity index (χ0v) is 12.5. The van der Waals surface area contributed by atoms with E-state index in [1.807, 2.05) is 0 Å². The molecule has 0 aliphatic carbocycles. The summed E-state index contributed by atoms with van der Waals surface area (Å²) >= 11 is 0. The highest BCUT2D eigenvalue weighted by Gasteiger charge is 2.09. The van der Waals surface area contributed by atoms with E-state index in [0.717, 1.165) is 19.6 Å². The zero-order valence-electron chi connectivity index (χ0n) is 12.5. The van der Waals surface area contributed by atoms with Crippen molar-refractivity contribution in [2.24, 2.45) is 0 Å². The highest BCUT2D eigenvalue weighted by atomic mass is 15.0. The number of aromatic nitrogens is 1. The van der Waals surface area contributed by atoms with Crippen LogP contribution in [-0.2, 0) is 13.1 Å². The summed E-state index contributed by atoms with van der Waals surface area (Å²) in [5, 5.41) is 3.41. The van der Waals surface area contributed by atoms with E-state index in [1.165, 1.54) is 28.1 Å². The summed E-state index contributed by atoms with van der Waals surface area (Å²) in [6.45, 7) is 11.7. The van der Waals surface area contributed by atoms with Crippen LogP contribution in [0.25, 0.3) is 0 Å². The lowest BCUT2D eigenvalue weighted by molar-refractivity contribution is 0.705. The summed E-state index contributed by atoms with van der Waals surface area (Å²) in [7, 11) is 0. The lowest BCUT2D eigenvalue weighted by atomic mass is 10.1. The first-order valence-electron chi connectivity index (χ1n) is 7.04. The van der Waals surface area contributed by atoms with Gasteiger partial charge in [0.15, 0.2) is 0 Å². The second-order valence-electron chi connectivity index (χ2n) is 5.19. The quantitative estimate of drug-likeness (QED) is 0.865. The van der Waals surface area contributed by atoms with Crippen molar-refractivity contribution in [1.29, 1.82) is 0 Å². The summed E-state index contributed by atoms with van der Waals surface area (Å²) in [6, 6.07) is 10.9. The highest BCUT2D eigenvalue weighted by molar-refractivity contribution is 5.31. The predicted molar refractivity (Wildman–Crippen MR) is 81.6 cm³/mol. The first-order valence-corrected chi connectivity index (χ1v) is 7.04. The minimum absolute atomic E-state index is 0.962. The summed E-state index contributed by atoms with van der Waals surface area (Å²) in [5.41, 5.74) is 6.89. The molecule has 102 valence electrons. The Hall–Kier alpha value is -1.54. The molecule has 2 rings (SSSR count). The molecule has 1 heterocycles. The van der Waals surface area contributed by atoms with E-state index < -0.39 is 0 Å². The molecule has 1 N–H and O–H groups in total. The minimum atomic E-state index is 0.962. The van der Waals surface area contributed by atoms with Gasteiger partial charge in [0.2, 0.25) is 0 Å². The van der Waals surface area contributed by atoms with Gasteiger partial charge in [0, 0.05) is 24.5 Å². The maximum Gasteiger partial charge on any atom is 0.0477 e. The van der Waals surface area contributed by atoms with Gasteiger partial charge in [0.1, 0.15) is 0 Å². The maximum absolute atomic E-state index is 3.41. The minimum Gasteiger partial charge on any atom is -0.344 e. The molecular weight excluding hydrogens is 232 g/mol. The van der Waals surface area contributed by atoms with Gasteiger partial charge >= 0.3 is 0 Å². The fraction of sp³-hybridized carbons (Fsp3) is 0.412. The van der Waals surface area contributed by atoms with Crippen LogP contribution in [0.5, 0.6) is 0 Å². The van der Waals surface area contributed by atoms with E-state index in [1.54, 1.807) is 0 Å². The Bertz CT molecular complexity index is 552. The molecule has 0 aliphatic rings. The Morgan fingerprint density at radius 1 is 1.05 bits per heavy atom. The van der Waals surface area contributed by atoms with Crippen LogP contribution in [0.4, 0.5) is 0 Å². The molecule has 1 aromatic heterocycles. The Labute approximate surface area is 116 Å². The molecule has 19 heavy (non-hydrogen) atoms. The van der Waals surface area contributed by atoms with Crippen molar-refractivity contribution in [3.8, 4) is 0 Å². The Morgan fingerprint density at radius 3 is 2.47 bits per heavy atom. The lowest BCUT2D eigenvalue weighted by Gasteiger charge is -2.12. The van der Waals surface area contributed by atoms with E-state index in [0.29, 0.717) is 0 Å². The number of aryl methyl sites for hydroxylation is 2. The van der Waals surface area contributed by atoms with E-state index >= 15 is 0 Å². The van der Waals surface area contributed by atoms with Crippen LogP contribution in [0.3, 0.4) is 0 Å². The smallest absolute Gasteiger partial charge is 0.0477 e. The zero-order chi connectivity index (χ0) is 13.8. The Morgan fingerprint density at radius 2 is 1.79 bits per heavy atom. The third kappa shape index (κ3) is 3.07. The average molecular weight is 256 g/mol. The van der Waals surface area contributed by atoms with Gasteiger partial charge in [-0.15, -0.1) is 0 Å². The number of hydrogen-bond donors (Lipinski definition) is 1. The number of nitrogens with one attached hydrogen (secondary N) is 1. The van der Waals surface area contributed by atoms with Gasteiger partial charge < -0.3 is 9.88 Å². The Kier molecular flexibility index (Phi) is 4.43. The van der Waals surface area contributed by atoms with Crippen molar-refractivity contribution >= 4 is 0 Å². The van der Waals surface area contributed by atoms with E-state index in [4.69, 9.17) is 0 Å². The molecule has 0 radical (unpaired) electrons. The third-order valence-electron chi connectivity index (χ3n) is 3.83. The highest BCUT2D eigenvalue weighted by Crippen LogP contribution is 2.18. The predicted octanol–water partition coefficient (Wildman–Crippen LogP) is 3.57. The Balaban J connectivity index is 2.26. The van der Waals surface area contributed by atoms with Crippen LogP contribution in [-0.4, -0.2) is 11.1 Å². The largest absolute Gasteiger partial charge is 0.344 e. The number of hydrogen-bond acceptors (Lipinski definition) is 1. The van der Waals surface area contributed by atoms with Crippen molar-refractivity contribution in [3.63, 3.8) is 0 Å². The molecule has 0 saturated heterocycles. The molecule has 2 nitrogen and oxygen atoms in total. The van der Waals surface area contributed by atoms with Gasteiger partial charge in [-0.2, -0.15) is 0 Å². The van der Waals surface area contributed by atoms with Crippen LogP contribution in [0, 0.1) is 20.8 Å². The summed E-state index contributed by atoms with van der Waals surface area (Å²) in [4.78, 5) is 0. The standard InChI is InChI=1S/C17H24N2/c1-5-18-11-17-10-14(3)19(15(17)4)12-16-9-7-6-8-13(16)2/h6-10,18H,5,11-12H2,1-4H3. The summed E-state index contributed by atoms with van der Waals surface area (Å²) in [6.07, 6.45) is 0. The fourth-order valence-electron chi connectivity index (χ4n) is 2.51. The lowest BCUT2D eigenvalue weighted by Crippen LogP contribution is -2.12. The van der Waals surface area contributed by atoms with Crippen molar-refractivity contribution in [3.05, 3.63) is 58.4 Å². The molecule has 0 amide bonds. The first-order chi connectivity index (χ1) is 9.13. The molecule has 0 unspecified atom stereocenters. The van der Waals surface area contributed by atoms with Gasteiger partial charge in [-0.05, 0) is 50.1 Å². The molecule has 0 saturated carbocycles. The van der Waals surface area contributed by atoms with Crippen LogP contribution >= 0.6 is 0 Å². The molecule has 2 heteroatoms. The van der Waals surface area contributed by atoms with Gasteiger partial charge in [-0.25, -0.2) is 0 Å². The monoisotopic (exact) mass is 256 g/mol. The molecule has 0 spiro atoms. The van der Waals surface area contributed by atoms with Gasteiger partial charge in [-0.3, -0.25) is 0 Å². The van der Waals surface area contributed by atoms with Crippen molar-refractivity contribution < 1.29 is 0 Å². The second-order valence-corrected chi connectivity index (χ2v) is 5.19. The topological polar surface area (TPSA) is 17.0 Å². The molecular formula is C17H24N2. The molecule has 1 aromatic carbocycles. The number of nitrogens with zero attached hydrogens (tertiary/aromatic N) is 1. The van der Waals surface area contributed by atoms with Crippen molar-refractivity contribution in [1.82, 2.24) is 9.88 Å². The second kappa shape index (κ2) is 6.07. The normalized spacial score (nSPS) is 10.9. The molecule has 0 atom stereocenters. The van der Waals surface area contributed by atoms with Crippen LogP contribution < -0.4 is 5.32 Å². The molecule has 0 fully saturated rings. The van der Waals surface area contributed by atoms with E-state index in [9.17, 15) is 0 Å². The summed E-state index contributed by atoms with van der Waals surface area (Å²) in [5.74, 6) is 0. The van der Waals surface area contributed by atoms with Gasteiger partial charge in [0.25, 0.3) is 0 Å². The maximum atomic E-state index is 3.41. The van der Waals surface area contributed by atoms with Crippen LogP contribution in [0.2, 0.25) is 0 Å². The molecule has 0 bridgehead atoms. The van der Waals surface area contributed by atoms with E-state index in [2.05, 4.69) is 67.9 Å². The SMILES string of the molecule is CCNCc1cc(C)n(Cc2ccccc2C)c1C. The van der Waals surface area contributed by atoms with Crippen molar-refractivity contribution in [2.45, 2.75) is 40.8 Å². The number of rotatable bonds is 5. The van der Waals surface area contributed by atoms with Crippen molar-refractivity contribution in [2.75, 3.05) is 6.54 Å². The molecule has 2 aromatic rings. The van der Waals surface area contributed by atoms with Gasteiger partial charge in [0.05, 0.1) is 0 Å². The van der Waals surface area contributed by atoms with Crippen LogP contribution in [0.15, 0.2) is 30.3 Å². The van der Waals surface area contributed by atoms with Gasteiger partial charge in [-0.1, -0.05) is 31.2 Å². The average Bonchev–Trinajstić information content (AvgIpc) is 2.66. The van der Waals surface area contributed by atoms with Crippen LogP contribution in [0.1, 0.15) is 35.0 Å². The first kappa shape index (κ1) is 13.9. The third-order valence-corrected chi connectivity index (χ3v) is 3.83. The fourth-order valence-corrected chi connectivity index (χ4v) is 2.51. The molecule has 0 aliphatic heterocycles.